The van der Waals surface area contributed by atoms with Gasteiger partial charge in [0.15, 0.2) is 5.82 Å². The van der Waals surface area contributed by atoms with Gasteiger partial charge in [0, 0.05) is 10.2 Å². The predicted octanol–water partition coefficient (Wildman–Crippen LogP) is 4.40. The quantitative estimate of drug-likeness (QED) is 0.705. The topological polar surface area (TPSA) is 62.7 Å². The second-order valence-corrected chi connectivity index (χ2v) is 5.43. The minimum Gasteiger partial charge on any atom is -0.339 e. The monoisotopic (exact) mass is 377 g/mol. The van der Waals surface area contributed by atoms with Crippen molar-refractivity contribution in [1.29, 1.82) is 0 Å². The summed E-state index contributed by atoms with van der Waals surface area (Å²) in [7, 11) is 0. The first-order valence-electron chi connectivity index (χ1n) is 6.55. The summed E-state index contributed by atoms with van der Waals surface area (Å²) >= 11 is 3.35. The molecule has 0 unspecified atom stereocenters. The number of aromatic nitrogens is 3. The zero-order chi connectivity index (χ0) is 16.2. The average Bonchev–Trinajstić information content (AvgIpc) is 2.54. The van der Waals surface area contributed by atoms with Crippen LogP contribution in [0.4, 0.5) is 31.9 Å². The van der Waals surface area contributed by atoms with Gasteiger partial charge in [-0.3, -0.25) is 0 Å². The molecule has 116 valence electrons. The van der Waals surface area contributed by atoms with Crippen LogP contribution in [-0.4, -0.2) is 15.2 Å². The van der Waals surface area contributed by atoms with Gasteiger partial charge < -0.3 is 10.6 Å². The van der Waals surface area contributed by atoms with Crippen LogP contribution in [0.5, 0.6) is 0 Å². The maximum atomic E-state index is 13.6. The van der Waals surface area contributed by atoms with E-state index in [9.17, 15) is 8.78 Å². The number of nitrogens with zero attached hydrogens (tertiary/aromatic N) is 3. The van der Waals surface area contributed by atoms with Gasteiger partial charge in [0.05, 0.1) is 6.20 Å². The van der Waals surface area contributed by atoms with Crippen molar-refractivity contribution in [3.8, 4) is 0 Å². The van der Waals surface area contributed by atoms with Crippen molar-refractivity contribution in [2.75, 3.05) is 10.6 Å². The van der Waals surface area contributed by atoms with Crippen LogP contribution in [0, 0.1) is 11.6 Å². The molecule has 5 nitrogen and oxygen atoms in total. The van der Waals surface area contributed by atoms with Crippen LogP contribution in [-0.2, 0) is 0 Å². The maximum Gasteiger partial charge on any atom is 0.249 e. The van der Waals surface area contributed by atoms with E-state index in [1.165, 1.54) is 12.3 Å². The third-order valence-corrected chi connectivity index (χ3v) is 3.40. The Balaban J connectivity index is 1.81. The molecule has 2 N–H and O–H groups in total. The number of hydrogen-bond donors (Lipinski definition) is 2. The Morgan fingerprint density at radius 3 is 2.30 bits per heavy atom. The number of benzene rings is 2. The molecular weight excluding hydrogens is 368 g/mol. The molecule has 0 aliphatic carbocycles. The van der Waals surface area contributed by atoms with Crippen LogP contribution >= 0.6 is 15.9 Å². The summed E-state index contributed by atoms with van der Waals surface area (Å²) in [4.78, 5) is 4.13. The zero-order valence-corrected chi connectivity index (χ0v) is 13.2. The van der Waals surface area contributed by atoms with E-state index in [-0.39, 0.29) is 11.6 Å². The van der Waals surface area contributed by atoms with Crippen LogP contribution in [0.15, 0.2) is 53.1 Å². The second kappa shape index (κ2) is 6.66. The van der Waals surface area contributed by atoms with Crippen LogP contribution in [0.1, 0.15) is 0 Å². The van der Waals surface area contributed by atoms with Gasteiger partial charge in [0.1, 0.15) is 17.3 Å². The first-order valence-corrected chi connectivity index (χ1v) is 7.34. The van der Waals surface area contributed by atoms with E-state index in [1.54, 1.807) is 0 Å². The van der Waals surface area contributed by atoms with Gasteiger partial charge in [0.2, 0.25) is 5.95 Å². The Bertz CT molecular complexity index is 806. The predicted molar refractivity (Wildman–Crippen MR) is 86.9 cm³/mol. The summed E-state index contributed by atoms with van der Waals surface area (Å²) in [6.07, 6.45) is 1.41. The molecule has 1 heterocycles. The molecule has 0 saturated carbocycles. The number of hydrogen-bond acceptors (Lipinski definition) is 5. The zero-order valence-electron chi connectivity index (χ0n) is 11.6. The van der Waals surface area contributed by atoms with Gasteiger partial charge >= 0.3 is 0 Å². The maximum absolute atomic E-state index is 13.6. The first-order chi connectivity index (χ1) is 11.1. The fraction of sp³-hybridized carbons (Fsp3) is 0. The SMILES string of the molecule is Fc1cccc(F)c1Nc1nncc(Nc2ccc(Br)cc2)n1. The Morgan fingerprint density at radius 2 is 1.61 bits per heavy atom. The van der Waals surface area contributed by atoms with E-state index in [0.717, 1.165) is 22.3 Å². The molecule has 0 saturated heterocycles. The van der Waals surface area contributed by atoms with Crippen molar-refractivity contribution < 1.29 is 8.78 Å². The molecule has 2 aromatic carbocycles. The van der Waals surface area contributed by atoms with Gasteiger partial charge in [0.25, 0.3) is 0 Å². The molecule has 0 aliphatic heterocycles. The molecule has 0 radical (unpaired) electrons. The largest absolute Gasteiger partial charge is 0.339 e. The summed E-state index contributed by atoms with van der Waals surface area (Å²) < 4.78 is 28.2. The minimum atomic E-state index is -0.736. The van der Waals surface area contributed by atoms with Gasteiger partial charge in [-0.05, 0) is 36.4 Å². The average molecular weight is 378 g/mol. The van der Waals surface area contributed by atoms with Crippen molar-refractivity contribution in [2.24, 2.45) is 0 Å². The van der Waals surface area contributed by atoms with Crippen molar-refractivity contribution >= 4 is 39.1 Å². The molecule has 23 heavy (non-hydrogen) atoms. The number of nitrogens with one attached hydrogen (secondary N) is 2. The molecule has 0 spiro atoms. The van der Waals surface area contributed by atoms with Crippen LogP contribution in [0.3, 0.4) is 0 Å². The molecule has 3 aromatic rings. The van der Waals surface area contributed by atoms with E-state index in [1.807, 2.05) is 24.3 Å². The highest BCUT2D eigenvalue weighted by Gasteiger charge is 2.10. The second-order valence-electron chi connectivity index (χ2n) is 4.52. The molecule has 3 rings (SSSR count). The number of para-hydroxylation sites is 1. The molecule has 1 aromatic heterocycles. The van der Waals surface area contributed by atoms with Crippen molar-refractivity contribution in [2.45, 2.75) is 0 Å². The van der Waals surface area contributed by atoms with Gasteiger partial charge in [-0.2, -0.15) is 10.1 Å². The molecule has 0 aliphatic rings. The van der Waals surface area contributed by atoms with Gasteiger partial charge in [-0.25, -0.2) is 8.78 Å². The lowest BCUT2D eigenvalue weighted by Gasteiger charge is -2.09. The van der Waals surface area contributed by atoms with E-state index in [4.69, 9.17) is 0 Å². The van der Waals surface area contributed by atoms with Gasteiger partial charge in [-0.1, -0.05) is 22.0 Å². The first kappa shape index (κ1) is 15.3. The summed E-state index contributed by atoms with van der Waals surface area (Å²) in [6, 6.07) is 11.0. The van der Waals surface area contributed by atoms with E-state index >= 15 is 0 Å². The highest BCUT2D eigenvalue weighted by Crippen LogP contribution is 2.22. The van der Waals surface area contributed by atoms with Crippen molar-refractivity contribution in [1.82, 2.24) is 15.2 Å². The van der Waals surface area contributed by atoms with E-state index in [0.29, 0.717) is 5.82 Å². The standard InChI is InChI=1S/C15H10BrF2N5/c16-9-4-6-10(7-5-9)20-13-8-19-23-15(21-13)22-14-11(17)2-1-3-12(14)18/h1-8H,(H2,20,21,22,23). The number of rotatable bonds is 4. The minimum absolute atomic E-state index is 0.0175. The molecule has 0 bridgehead atoms. The lowest BCUT2D eigenvalue weighted by Crippen LogP contribution is -2.04. The molecule has 0 amide bonds. The Labute approximate surface area is 138 Å². The Kier molecular flexibility index (Phi) is 4.42. The summed E-state index contributed by atoms with van der Waals surface area (Å²) in [6.45, 7) is 0. The molecule has 0 atom stereocenters. The van der Waals surface area contributed by atoms with Crippen LogP contribution in [0.25, 0.3) is 0 Å². The number of anilines is 4. The summed E-state index contributed by atoms with van der Waals surface area (Å²) in [5, 5.41) is 13.0. The smallest absolute Gasteiger partial charge is 0.249 e. The third kappa shape index (κ3) is 3.78. The van der Waals surface area contributed by atoms with Crippen LogP contribution < -0.4 is 10.6 Å². The van der Waals surface area contributed by atoms with Crippen LogP contribution in [0.2, 0.25) is 0 Å². The van der Waals surface area contributed by atoms with Crippen molar-refractivity contribution in [3.05, 3.63) is 64.8 Å². The summed E-state index contributed by atoms with van der Waals surface area (Å²) in [5.41, 5.74) is 0.465. The fourth-order valence-corrected chi connectivity index (χ4v) is 2.09. The Hall–Kier alpha value is -2.61. The lowest BCUT2D eigenvalue weighted by atomic mass is 10.3. The molecule has 0 fully saturated rings. The van der Waals surface area contributed by atoms with E-state index in [2.05, 4.69) is 41.7 Å². The highest BCUT2D eigenvalue weighted by molar-refractivity contribution is 9.10. The molecular formula is C15H10BrF2N5. The van der Waals surface area contributed by atoms with Crippen molar-refractivity contribution in [3.63, 3.8) is 0 Å². The molecule has 8 heteroatoms. The normalized spacial score (nSPS) is 10.4. The Morgan fingerprint density at radius 1 is 0.913 bits per heavy atom. The fourth-order valence-electron chi connectivity index (χ4n) is 1.83. The van der Waals surface area contributed by atoms with E-state index < -0.39 is 11.6 Å². The number of halogens is 3. The third-order valence-electron chi connectivity index (χ3n) is 2.88. The van der Waals surface area contributed by atoms with Gasteiger partial charge in [-0.15, -0.1) is 5.10 Å². The lowest BCUT2D eigenvalue weighted by molar-refractivity contribution is 0.590. The highest BCUT2D eigenvalue weighted by atomic mass is 79.9. The summed E-state index contributed by atoms with van der Waals surface area (Å²) in [5.74, 6) is -1.10.